The molecule has 2 aliphatic heterocycles. The lowest BCUT2D eigenvalue weighted by Crippen LogP contribution is -2.52. The van der Waals surface area contributed by atoms with Crippen LogP contribution in [0.5, 0.6) is 0 Å². The Hall–Kier alpha value is -0.0301. The number of hydrogen-bond acceptors (Lipinski definition) is 4. The van der Waals surface area contributed by atoms with Gasteiger partial charge in [-0.1, -0.05) is 20.8 Å². The lowest BCUT2D eigenvalue weighted by molar-refractivity contribution is -0.0404. The van der Waals surface area contributed by atoms with Gasteiger partial charge in [0.05, 0.1) is 11.2 Å². The first-order valence-electron chi connectivity index (χ1n) is 9.46. The molecule has 0 aliphatic carbocycles. The zero-order valence-electron chi connectivity index (χ0n) is 17.1. The predicted octanol–water partition coefficient (Wildman–Crippen LogP) is 4.73. The predicted molar refractivity (Wildman–Crippen MR) is 100 cm³/mol. The molecule has 0 radical (unpaired) electrons. The van der Waals surface area contributed by atoms with Crippen LogP contribution in [-0.2, 0) is 18.6 Å². The molecule has 0 saturated carbocycles. The fraction of sp³-hybridized carbons (Fsp3) is 1.00. The quantitative estimate of drug-likeness (QED) is 0.695. The largest absolute Gasteiger partial charge is 0.463 e. The van der Waals surface area contributed by atoms with Gasteiger partial charge in [-0.3, -0.25) is 0 Å². The summed E-state index contributed by atoms with van der Waals surface area (Å²) in [4.78, 5) is 0. The maximum absolute atomic E-state index is 6.26. The first-order valence-corrected chi connectivity index (χ1v) is 9.46. The summed E-state index contributed by atoms with van der Waals surface area (Å²) < 4.78 is 24.7. The summed E-state index contributed by atoms with van der Waals surface area (Å²) >= 11 is 0. The third kappa shape index (κ3) is 5.23. The smallest absolute Gasteiger partial charge is 0.408 e. The molecule has 24 heavy (non-hydrogen) atoms. The highest BCUT2D eigenvalue weighted by molar-refractivity contribution is 6.50. The average molecular weight is 338 g/mol. The van der Waals surface area contributed by atoms with Crippen molar-refractivity contribution < 1.29 is 18.6 Å². The van der Waals surface area contributed by atoms with Crippen molar-refractivity contribution >= 4 is 14.2 Å². The minimum atomic E-state index is -0.201. The molecule has 2 rings (SSSR count). The fourth-order valence-electron chi connectivity index (χ4n) is 4.29. The molecule has 6 heteroatoms. The molecule has 0 aromatic rings. The number of hydrogen-bond donors (Lipinski definition) is 0. The van der Waals surface area contributed by atoms with E-state index in [1.54, 1.807) is 0 Å². The van der Waals surface area contributed by atoms with E-state index in [9.17, 15) is 0 Å². The lowest BCUT2D eigenvalue weighted by atomic mass is 9.51. The fourth-order valence-corrected chi connectivity index (χ4v) is 4.29. The summed E-state index contributed by atoms with van der Waals surface area (Å²) in [5.41, 5.74) is -0.272. The Morgan fingerprint density at radius 3 is 1.96 bits per heavy atom. The highest BCUT2D eigenvalue weighted by Gasteiger charge is 2.49. The van der Waals surface area contributed by atoms with Crippen molar-refractivity contribution in [1.82, 2.24) is 0 Å². The average Bonchev–Trinajstić information content (AvgIpc) is 2.33. The summed E-state index contributed by atoms with van der Waals surface area (Å²) in [6, 6.07) is 0. The van der Waals surface area contributed by atoms with Crippen molar-refractivity contribution in [1.29, 1.82) is 0 Å². The molecule has 0 N–H and O–H groups in total. The van der Waals surface area contributed by atoms with E-state index in [2.05, 4.69) is 62.3 Å². The van der Waals surface area contributed by atoms with E-state index in [-0.39, 0.29) is 48.8 Å². The van der Waals surface area contributed by atoms with Crippen LogP contribution in [0.3, 0.4) is 0 Å². The number of rotatable bonds is 4. The summed E-state index contributed by atoms with van der Waals surface area (Å²) in [6.07, 6.45) is 3.23. The highest BCUT2D eigenvalue weighted by Crippen LogP contribution is 2.45. The van der Waals surface area contributed by atoms with Crippen molar-refractivity contribution in [3.8, 4) is 0 Å². The van der Waals surface area contributed by atoms with Gasteiger partial charge in [-0.15, -0.1) is 0 Å². The van der Waals surface area contributed by atoms with Crippen molar-refractivity contribution in [3.05, 3.63) is 0 Å². The van der Waals surface area contributed by atoms with Gasteiger partial charge >= 0.3 is 14.2 Å². The van der Waals surface area contributed by atoms with Crippen LogP contribution in [-0.4, -0.2) is 37.6 Å². The van der Waals surface area contributed by atoms with Gasteiger partial charge in [0.1, 0.15) is 0 Å². The zero-order valence-corrected chi connectivity index (χ0v) is 17.1. The maximum atomic E-state index is 6.26. The summed E-state index contributed by atoms with van der Waals surface area (Å²) in [6.45, 7) is 19.5. The van der Waals surface area contributed by atoms with Gasteiger partial charge in [0.15, 0.2) is 0 Å². The molecule has 0 aromatic carbocycles. The molecule has 0 amide bonds. The van der Waals surface area contributed by atoms with Crippen molar-refractivity contribution in [3.63, 3.8) is 0 Å². The molecule has 2 aliphatic rings. The third-order valence-corrected chi connectivity index (χ3v) is 5.09. The molecule has 2 heterocycles. The molecule has 2 saturated heterocycles. The zero-order chi connectivity index (χ0) is 18.3. The van der Waals surface area contributed by atoms with Gasteiger partial charge < -0.3 is 18.6 Å². The van der Waals surface area contributed by atoms with Crippen LogP contribution in [0.2, 0.25) is 11.1 Å². The van der Waals surface area contributed by atoms with E-state index in [1.807, 2.05) is 0 Å². The summed E-state index contributed by atoms with van der Waals surface area (Å²) in [5, 5.41) is -0.108. The topological polar surface area (TPSA) is 36.9 Å². The van der Waals surface area contributed by atoms with E-state index >= 15 is 0 Å². The third-order valence-electron chi connectivity index (χ3n) is 5.09. The van der Waals surface area contributed by atoms with Crippen LogP contribution in [0.1, 0.15) is 81.6 Å². The minimum absolute atomic E-state index is 0.108. The molecule has 3 unspecified atom stereocenters. The van der Waals surface area contributed by atoms with E-state index in [0.29, 0.717) is 0 Å². The molecule has 2 fully saturated rings. The Morgan fingerprint density at radius 1 is 0.958 bits per heavy atom. The van der Waals surface area contributed by atoms with Crippen molar-refractivity contribution in [2.45, 2.75) is 116 Å². The molecule has 4 nitrogen and oxygen atoms in total. The molecule has 0 bridgehead atoms. The van der Waals surface area contributed by atoms with Crippen LogP contribution < -0.4 is 0 Å². The minimum Gasteiger partial charge on any atom is -0.408 e. The Kier molecular flexibility index (Phi) is 5.87. The van der Waals surface area contributed by atoms with Gasteiger partial charge in [-0.25, -0.2) is 0 Å². The maximum Gasteiger partial charge on any atom is 0.463 e. The molecule has 0 aromatic heterocycles. The highest BCUT2D eigenvalue weighted by atomic mass is 16.6. The summed E-state index contributed by atoms with van der Waals surface area (Å²) in [5.74, 6) is 0.273. The van der Waals surface area contributed by atoms with Gasteiger partial charge in [0.2, 0.25) is 0 Å². The van der Waals surface area contributed by atoms with Crippen LogP contribution in [0.15, 0.2) is 0 Å². The van der Waals surface area contributed by atoms with Crippen LogP contribution in [0.25, 0.3) is 0 Å². The standard InChI is InChI=1S/C18H36B2O4/c1-13(19-21-14(2)11-17(6,7)23-19)10-16(4,5)20-22-15(3)12-18(8,9)24-20/h13-15H,10-12H2,1-9H3. The Balaban J connectivity index is 2.02. The Morgan fingerprint density at radius 2 is 1.46 bits per heavy atom. The monoisotopic (exact) mass is 338 g/mol. The van der Waals surface area contributed by atoms with Gasteiger partial charge in [0.25, 0.3) is 0 Å². The second-order valence-electron chi connectivity index (χ2n) is 9.93. The first kappa shape index (κ1) is 20.3. The van der Waals surface area contributed by atoms with Crippen molar-refractivity contribution in [2.75, 3.05) is 0 Å². The molecule has 3 atom stereocenters. The molecular weight excluding hydrogens is 302 g/mol. The van der Waals surface area contributed by atoms with E-state index in [1.165, 1.54) is 0 Å². The van der Waals surface area contributed by atoms with Crippen LogP contribution >= 0.6 is 0 Å². The molecule has 0 spiro atoms. The first-order chi connectivity index (χ1) is 10.8. The van der Waals surface area contributed by atoms with Crippen molar-refractivity contribution in [2.24, 2.45) is 0 Å². The molecule has 138 valence electrons. The Bertz CT molecular complexity index is 439. The normalized spacial score (nSPS) is 31.9. The van der Waals surface area contributed by atoms with E-state index in [4.69, 9.17) is 18.6 Å². The lowest BCUT2D eigenvalue weighted by Gasteiger charge is -2.45. The second kappa shape index (κ2) is 6.94. The van der Waals surface area contributed by atoms with Gasteiger partial charge in [-0.05, 0) is 71.9 Å². The van der Waals surface area contributed by atoms with E-state index < -0.39 is 0 Å². The molecular formula is C18H36B2O4. The van der Waals surface area contributed by atoms with Crippen LogP contribution in [0, 0.1) is 0 Å². The van der Waals surface area contributed by atoms with E-state index in [0.717, 1.165) is 19.3 Å². The Labute approximate surface area is 149 Å². The van der Waals surface area contributed by atoms with Gasteiger partial charge in [0, 0.05) is 12.2 Å². The summed E-state index contributed by atoms with van der Waals surface area (Å²) in [7, 11) is -0.371. The van der Waals surface area contributed by atoms with Gasteiger partial charge in [-0.2, -0.15) is 0 Å². The second-order valence-corrected chi connectivity index (χ2v) is 9.93. The SMILES string of the molecule is CC1CC(C)(C)OB(C(C)CC(C)(C)B2OC(C)CC(C)(C)O2)O1. The van der Waals surface area contributed by atoms with Crippen LogP contribution in [0.4, 0.5) is 0 Å².